The normalized spacial score (nSPS) is 11.6. The number of para-hydroxylation sites is 2. The van der Waals surface area contributed by atoms with E-state index in [2.05, 4.69) is 0 Å². The van der Waals surface area contributed by atoms with Crippen LogP contribution in [0, 0.1) is 23.3 Å². The Bertz CT molecular complexity index is 3580. The molecule has 0 heterocycles. The first-order valence-corrected chi connectivity index (χ1v) is 21.8. The van der Waals surface area contributed by atoms with E-state index in [0.717, 1.165) is 66.0 Å². The molecule has 12 aromatic rings. The molecule has 0 amide bonds. The summed E-state index contributed by atoms with van der Waals surface area (Å²) in [7, 11) is 0. The van der Waals surface area contributed by atoms with Crippen LogP contribution < -0.4 is 9.80 Å². The average molecular weight is 861 g/mol. The zero-order chi connectivity index (χ0) is 44.5. The van der Waals surface area contributed by atoms with Crippen molar-refractivity contribution in [1.82, 2.24) is 0 Å². The molecule has 0 fully saturated rings. The minimum Gasteiger partial charge on any atom is -0.307 e. The molecule has 0 bridgehead atoms. The second-order valence-corrected chi connectivity index (χ2v) is 16.6. The molecule has 0 N–H and O–H groups in total. The Balaban J connectivity index is 1.07. The number of hydrogen-bond donors (Lipinski definition) is 0. The molecule has 2 nitrogen and oxygen atoms in total. The lowest BCUT2D eigenvalue weighted by Crippen LogP contribution is -2.13. The van der Waals surface area contributed by atoms with Crippen molar-refractivity contribution in [2.24, 2.45) is 0 Å². The van der Waals surface area contributed by atoms with Crippen LogP contribution in [0.4, 0.5) is 51.7 Å². The zero-order valence-electron chi connectivity index (χ0n) is 35.2. The number of hydrogen-bond acceptors (Lipinski definition) is 2. The molecule has 66 heavy (non-hydrogen) atoms. The van der Waals surface area contributed by atoms with Gasteiger partial charge in [0.15, 0.2) is 0 Å². The van der Waals surface area contributed by atoms with Gasteiger partial charge in [-0.25, -0.2) is 17.6 Å². The summed E-state index contributed by atoms with van der Waals surface area (Å²) in [6.07, 6.45) is 0. The fourth-order valence-electron chi connectivity index (χ4n) is 9.70. The van der Waals surface area contributed by atoms with E-state index in [4.69, 9.17) is 0 Å². The first-order valence-electron chi connectivity index (χ1n) is 21.8. The molecule has 0 atom stereocenters. The molecule has 12 rings (SSSR count). The highest BCUT2D eigenvalue weighted by Crippen LogP contribution is 2.49. The van der Waals surface area contributed by atoms with Gasteiger partial charge in [0.25, 0.3) is 0 Å². The maximum Gasteiger partial charge on any atom is 0.150 e. The minimum atomic E-state index is -0.711. The Morgan fingerprint density at radius 2 is 0.621 bits per heavy atom. The molecule has 12 aromatic carbocycles. The van der Waals surface area contributed by atoms with Crippen LogP contribution in [-0.2, 0) is 0 Å². The van der Waals surface area contributed by atoms with E-state index < -0.39 is 23.3 Å². The van der Waals surface area contributed by atoms with E-state index in [9.17, 15) is 0 Å². The van der Waals surface area contributed by atoms with Crippen LogP contribution in [0.15, 0.2) is 218 Å². The van der Waals surface area contributed by atoms with Crippen LogP contribution in [-0.4, -0.2) is 0 Å². The average Bonchev–Trinajstić information content (AvgIpc) is 3.35. The van der Waals surface area contributed by atoms with Crippen molar-refractivity contribution < 1.29 is 17.6 Å². The van der Waals surface area contributed by atoms with Crippen LogP contribution in [0.3, 0.4) is 0 Å². The first-order chi connectivity index (χ1) is 32.4. The van der Waals surface area contributed by atoms with Crippen molar-refractivity contribution in [3.63, 3.8) is 0 Å². The van der Waals surface area contributed by atoms with Gasteiger partial charge >= 0.3 is 0 Å². The summed E-state index contributed by atoms with van der Waals surface area (Å²) in [5, 5.41) is 9.35. The van der Waals surface area contributed by atoms with E-state index in [1.807, 2.05) is 204 Å². The van der Waals surface area contributed by atoms with Gasteiger partial charge in [0, 0.05) is 45.4 Å². The molecule has 0 saturated heterocycles. The Kier molecular flexibility index (Phi) is 9.28. The lowest BCUT2D eigenvalue weighted by atomic mass is 9.91. The number of benzene rings is 12. The second kappa shape index (κ2) is 15.6. The van der Waals surface area contributed by atoms with Crippen LogP contribution in [0.25, 0.3) is 76.1 Å². The molecule has 0 unspecified atom stereocenters. The predicted molar refractivity (Wildman–Crippen MR) is 265 cm³/mol. The Morgan fingerprint density at radius 3 is 1.05 bits per heavy atom. The predicted octanol–water partition coefficient (Wildman–Crippen LogP) is 17.7. The van der Waals surface area contributed by atoms with E-state index in [0.29, 0.717) is 33.9 Å². The van der Waals surface area contributed by atoms with Gasteiger partial charge in [0.2, 0.25) is 0 Å². The van der Waals surface area contributed by atoms with Crippen molar-refractivity contribution in [3.8, 4) is 22.3 Å². The molecule has 0 saturated carbocycles. The summed E-state index contributed by atoms with van der Waals surface area (Å²) in [5.74, 6) is -2.74. The third-order valence-electron chi connectivity index (χ3n) is 12.8. The molecular weight excluding hydrogens is 825 g/mol. The molecule has 0 spiro atoms. The number of fused-ring (bicyclic) bond motifs is 2. The van der Waals surface area contributed by atoms with Crippen molar-refractivity contribution in [3.05, 3.63) is 242 Å². The number of rotatable bonds is 8. The number of halogens is 4. The fourth-order valence-corrected chi connectivity index (χ4v) is 9.70. The summed E-state index contributed by atoms with van der Waals surface area (Å²) in [6.45, 7) is 0. The highest BCUT2D eigenvalue weighted by atomic mass is 19.1. The van der Waals surface area contributed by atoms with Crippen molar-refractivity contribution in [2.75, 3.05) is 9.80 Å². The van der Waals surface area contributed by atoms with Gasteiger partial charge in [-0.3, -0.25) is 0 Å². The van der Waals surface area contributed by atoms with Gasteiger partial charge in [-0.05, 0) is 115 Å². The quantitative estimate of drug-likeness (QED) is 0.111. The molecule has 6 heteroatoms. The summed E-state index contributed by atoms with van der Waals surface area (Å²) in [6, 6.07) is 67.6. The Labute approximate surface area is 377 Å². The number of anilines is 6. The molecule has 0 aliphatic rings. The van der Waals surface area contributed by atoms with E-state index in [-0.39, 0.29) is 22.5 Å². The lowest BCUT2D eigenvalue weighted by Gasteiger charge is -2.30. The SMILES string of the molecule is Fc1cc(F)c(N(c2ccccc2)c2ccc3ccc4c(N(c5ccccc5)c5cc(-c6ccc7ccccc7c6)c(F)cc5F)ccc5ccc2c3c54)cc1-c1ccc2ccccc2c1. The van der Waals surface area contributed by atoms with Gasteiger partial charge in [-0.15, -0.1) is 0 Å². The molecule has 0 radical (unpaired) electrons. The maximum atomic E-state index is 16.6. The smallest absolute Gasteiger partial charge is 0.150 e. The molecular formula is C60H36F4N2. The third-order valence-corrected chi connectivity index (χ3v) is 12.8. The number of nitrogens with zero attached hydrogens (tertiary/aromatic N) is 2. The highest BCUT2D eigenvalue weighted by Gasteiger charge is 2.26. The minimum absolute atomic E-state index is 0.186. The molecule has 0 aliphatic carbocycles. The van der Waals surface area contributed by atoms with Crippen LogP contribution >= 0.6 is 0 Å². The Hall–Kier alpha value is -8.48. The van der Waals surface area contributed by atoms with Crippen LogP contribution in [0.2, 0.25) is 0 Å². The summed E-state index contributed by atoms with van der Waals surface area (Å²) >= 11 is 0. The van der Waals surface area contributed by atoms with Gasteiger partial charge in [-0.1, -0.05) is 146 Å². The van der Waals surface area contributed by atoms with Crippen LogP contribution in [0.5, 0.6) is 0 Å². The highest BCUT2D eigenvalue weighted by molar-refractivity contribution is 6.28. The summed E-state index contributed by atoms with van der Waals surface area (Å²) in [4.78, 5) is 3.70. The largest absolute Gasteiger partial charge is 0.307 e. The van der Waals surface area contributed by atoms with Gasteiger partial charge in [-0.2, -0.15) is 0 Å². The maximum absolute atomic E-state index is 16.6. The molecule has 0 aliphatic heterocycles. The summed E-state index contributed by atoms with van der Waals surface area (Å²) in [5.41, 5.74) is 4.94. The monoisotopic (exact) mass is 860 g/mol. The van der Waals surface area contributed by atoms with Crippen LogP contribution in [0.1, 0.15) is 0 Å². The van der Waals surface area contributed by atoms with Crippen molar-refractivity contribution >= 4 is 88.0 Å². The van der Waals surface area contributed by atoms with Gasteiger partial charge < -0.3 is 9.80 Å². The summed E-state index contributed by atoms with van der Waals surface area (Å²) < 4.78 is 65.1. The standard InChI is InChI=1S/C60H36F4N2/c61-51-35-53(63)57(33-49(51)43-21-19-37-11-7-9-13-41(37)31-43)65(45-15-3-1-4-16-45)55-29-25-39-24-28-48-56(30-26-40-23-27-47(55)59(39)60(40)48)66(46-17-5-2-6-18-46)58-34-50(52(62)36-54(58)64)44-22-20-38-12-8-10-14-42(38)32-44/h1-36H. The second-order valence-electron chi connectivity index (χ2n) is 16.6. The van der Waals surface area contributed by atoms with Crippen molar-refractivity contribution in [2.45, 2.75) is 0 Å². The van der Waals surface area contributed by atoms with Gasteiger partial charge in [0.05, 0.1) is 22.7 Å². The topological polar surface area (TPSA) is 6.48 Å². The van der Waals surface area contributed by atoms with Gasteiger partial charge in [0.1, 0.15) is 23.3 Å². The Morgan fingerprint density at radius 1 is 0.258 bits per heavy atom. The molecule has 314 valence electrons. The molecule has 0 aromatic heterocycles. The lowest BCUT2D eigenvalue weighted by molar-refractivity contribution is 0.586. The van der Waals surface area contributed by atoms with E-state index in [1.54, 1.807) is 12.1 Å². The van der Waals surface area contributed by atoms with E-state index in [1.165, 1.54) is 0 Å². The zero-order valence-corrected chi connectivity index (χ0v) is 35.2. The first kappa shape index (κ1) is 39.1. The fraction of sp³-hybridized carbons (Fsp3) is 0. The van der Waals surface area contributed by atoms with E-state index >= 15 is 17.6 Å². The van der Waals surface area contributed by atoms with Crippen molar-refractivity contribution in [1.29, 1.82) is 0 Å². The third kappa shape index (κ3) is 6.49.